The maximum absolute atomic E-state index is 2.68. The van der Waals surface area contributed by atoms with Crippen LogP contribution in [-0.4, -0.2) is 51.4 Å². The molecule has 4 rings (SSSR count). The molecule has 0 saturated carbocycles. The molecule has 0 radical (unpaired) electrons. The van der Waals surface area contributed by atoms with Gasteiger partial charge in [0.15, 0.2) is 0 Å². The molecule has 0 aromatic carbocycles. The summed E-state index contributed by atoms with van der Waals surface area (Å²) in [6.07, 6.45) is 4.46. The molecular weight excluding hydrogens is 399 g/mol. The third-order valence-corrected chi connectivity index (χ3v) is 12.7. The van der Waals surface area contributed by atoms with Crippen molar-refractivity contribution in [3.8, 4) is 0 Å². The van der Waals surface area contributed by atoms with Crippen LogP contribution in [0.4, 0.5) is 0 Å². The van der Waals surface area contributed by atoms with Crippen LogP contribution < -0.4 is 17.5 Å². The minimum atomic E-state index is 0.367. The maximum atomic E-state index is 2.68. The summed E-state index contributed by atoms with van der Waals surface area (Å²) in [6, 6.07) is 0. The quantitative estimate of drug-likeness (QED) is 0.281. The Morgan fingerprint density at radius 3 is 2.42 bits per heavy atom. The summed E-state index contributed by atoms with van der Waals surface area (Å²) >= 11 is 3.04. The van der Waals surface area contributed by atoms with Crippen molar-refractivity contribution in [2.24, 2.45) is 0 Å². The molecule has 4 saturated heterocycles. The summed E-state index contributed by atoms with van der Waals surface area (Å²) in [5.74, 6) is 0. The van der Waals surface area contributed by atoms with Gasteiger partial charge in [0.1, 0.15) is 0 Å². The molecule has 0 N–H and O–H groups in total. The van der Waals surface area contributed by atoms with Gasteiger partial charge in [0.05, 0.1) is 0 Å². The fourth-order valence-corrected chi connectivity index (χ4v) is 11.8. The Morgan fingerprint density at radius 2 is 1.92 bits per heavy atom. The number of hydrogen-bond donors (Lipinski definition) is 0. The van der Waals surface area contributed by atoms with E-state index < -0.39 is 0 Å². The molecule has 2 atom stereocenters. The Labute approximate surface area is 94.6 Å². The Morgan fingerprint density at radius 1 is 1.25 bits per heavy atom. The van der Waals surface area contributed by atoms with Crippen molar-refractivity contribution in [2.75, 3.05) is 38.9 Å². The van der Waals surface area contributed by atoms with Gasteiger partial charge in [-0.1, -0.05) is 0 Å². The van der Waals surface area contributed by atoms with Crippen LogP contribution in [0.25, 0.3) is 0 Å². The first-order chi connectivity index (χ1) is 5.80. The van der Waals surface area contributed by atoms with Crippen molar-refractivity contribution in [3.63, 3.8) is 0 Å². The zero-order valence-corrected chi connectivity index (χ0v) is 12.0. The fourth-order valence-electron chi connectivity index (χ4n) is 2.52. The first kappa shape index (κ1) is 9.03. The zero-order valence-electron chi connectivity index (χ0n) is 6.79. The Bertz CT molecular complexity index is 178. The van der Waals surface area contributed by atoms with E-state index in [1.165, 1.54) is 35.3 Å². The van der Waals surface area contributed by atoms with Crippen molar-refractivity contribution in [2.45, 2.75) is 0 Å². The molecule has 4 heterocycles. The van der Waals surface area contributed by atoms with E-state index in [0.29, 0.717) is 25.4 Å². The molecule has 4 aliphatic heterocycles. The van der Waals surface area contributed by atoms with Crippen molar-refractivity contribution in [1.29, 1.82) is 0 Å². The van der Waals surface area contributed by atoms with E-state index >= 15 is 0 Å². The van der Waals surface area contributed by atoms with Gasteiger partial charge in [0.2, 0.25) is 0 Å². The topological polar surface area (TPSA) is 6.48 Å². The van der Waals surface area contributed by atoms with Gasteiger partial charge in [-0.15, -0.1) is 0 Å². The SMILES string of the molecule is I[I-][N+]12CN3CN(CP(C3)C1)C2. The van der Waals surface area contributed by atoms with Crippen LogP contribution in [0.15, 0.2) is 0 Å². The third kappa shape index (κ3) is 1.35. The molecule has 0 aromatic heterocycles. The molecular formula is C6H12I2N3P. The average Bonchev–Trinajstić information content (AvgIpc) is 2.02. The fraction of sp³-hybridized carbons (Fsp3) is 1.00. The van der Waals surface area contributed by atoms with Gasteiger partial charge in [-0.2, -0.15) is 0 Å². The first-order valence-electron chi connectivity index (χ1n) is 4.11. The zero-order chi connectivity index (χ0) is 8.18. The molecule has 12 heavy (non-hydrogen) atoms. The van der Waals surface area contributed by atoms with Crippen molar-refractivity contribution < 1.29 is 20.2 Å². The van der Waals surface area contributed by atoms with Crippen LogP contribution in [0.5, 0.6) is 0 Å². The summed E-state index contributed by atoms with van der Waals surface area (Å²) in [5, 5.41) is 0. The molecule has 0 aromatic rings. The van der Waals surface area contributed by atoms with E-state index in [2.05, 4.69) is 28.4 Å². The van der Waals surface area contributed by atoms with Gasteiger partial charge in [-0.25, -0.2) is 0 Å². The summed E-state index contributed by atoms with van der Waals surface area (Å²) in [6.45, 7) is 4.04. The number of quaternary nitrogens is 1. The van der Waals surface area contributed by atoms with Gasteiger partial charge >= 0.3 is 95.4 Å². The van der Waals surface area contributed by atoms with Gasteiger partial charge < -0.3 is 0 Å². The second-order valence-corrected chi connectivity index (χ2v) is 11.0. The Balaban J connectivity index is 1.90. The molecule has 0 aliphatic carbocycles. The van der Waals surface area contributed by atoms with Crippen LogP contribution >= 0.6 is 26.5 Å². The normalized spacial score (nSPS) is 56.6. The van der Waals surface area contributed by atoms with E-state index in [0.717, 1.165) is 0 Å². The summed E-state index contributed by atoms with van der Waals surface area (Å²) in [5.41, 5.74) is 0. The van der Waals surface area contributed by atoms with Crippen molar-refractivity contribution >= 4 is 26.5 Å². The molecule has 0 amide bonds. The predicted octanol–water partition coefficient (Wildman–Crippen LogP) is -1.97. The number of halogens is 2. The monoisotopic (exact) mass is 411 g/mol. The summed E-state index contributed by atoms with van der Waals surface area (Å²) < 4.78 is 1.48. The third-order valence-electron chi connectivity index (χ3n) is 2.70. The van der Waals surface area contributed by atoms with Crippen molar-refractivity contribution in [1.82, 2.24) is 9.80 Å². The van der Waals surface area contributed by atoms with Gasteiger partial charge in [-0.3, -0.25) is 0 Å². The van der Waals surface area contributed by atoms with E-state index in [9.17, 15) is 0 Å². The van der Waals surface area contributed by atoms with Gasteiger partial charge in [0.25, 0.3) is 0 Å². The predicted molar refractivity (Wildman–Crippen MR) is 54.1 cm³/mol. The molecule has 70 valence electrons. The summed E-state index contributed by atoms with van der Waals surface area (Å²) in [4.78, 5) is 5.36. The van der Waals surface area contributed by atoms with Crippen LogP contribution in [0, 0.1) is 0 Å². The molecule has 4 fully saturated rings. The van der Waals surface area contributed by atoms with Crippen LogP contribution in [0.1, 0.15) is 0 Å². The first-order valence-corrected chi connectivity index (χ1v) is 13.3. The molecule has 0 spiro atoms. The molecule has 2 unspecified atom stereocenters. The molecule has 3 nitrogen and oxygen atoms in total. The molecule has 4 aliphatic rings. The standard InChI is InChI=1S/C6H12I2N3P/c7-8-11-2-9-1-10(3-11)5-12(4-9)6-11/h1-6H2. The second-order valence-electron chi connectivity index (χ2n) is 3.95. The van der Waals surface area contributed by atoms with Crippen LogP contribution in [0.2, 0.25) is 0 Å². The Hall–Kier alpha value is 1.77. The number of rotatable bonds is 1. The average molecular weight is 411 g/mol. The Kier molecular flexibility index (Phi) is 2.36. The van der Waals surface area contributed by atoms with Gasteiger partial charge in [0, 0.05) is 0 Å². The van der Waals surface area contributed by atoms with Crippen molar-refractivity contribution in [3.05, 3.63) is 0 Å². The van der Waals surface area contributed by atoms with Gasteiger partial charge in [-0.05, 0) is 0 Å². The molecule has 6 heteroatoms. The van der Waals surface area contributed by atoms with Crippen LogP contribution in [-0.2, 0) is 0 Å². The summed E-state index contributed by atoms with van der Waals surface area (Å²) in [7, 11) is 0.381. The second kappa shape index (κ2) is 3.13. The number of hydrogen-bond acceptors (Lipinski definition) is 2. The van der Waals surface area contributed by atoms with E-state index in [1.807, 2.05) is 0 Å². The van der Waals surface area contributed by atoms with E-state index in [1.54, 1.807) is 6.29 Å². The number of nitrogens with zero attached hydrogens (tertiary/aromatic N) is 3. The van der Waals surface area contributed by atoms with E-state index in [-0.39, 0.29) is 0 Å². The minimum absolute atomic E-state index is 0.367. The van der Waals surface area contributed by atoms with E-state index in [4.69, 9.17) is 0 Å². The van der Waals surface area contributed by atoms with Crippen LogP contribution in [0.3, 0.4) is 0 Å². The molecule has 4 bridgehead atoms.